The van der Waals surface area contributed by atoms with Crippen LogP contribution in [0.2, 0.25) is 5.02 Å². The zero-order valence-electron chi connectivity index (χ0n) is 7.00. The minimum Gasteiger partial charge on any atom is -0.445 e. The predicted octanol–water partition coefficient (Wildman–Crippen LogP) is 0.300. The molecule has 1 aromatic carbocycles. The molecule has 0 heterocycles. The molecule has 0 aliphatic carbocycles. The van der Waals surface area contributed by atoms with E-state index in [2.05, 4.69) is 15.9 Å². The van der Waals surface area contributed by atoms with Gasteiger partial charge in [0, 0.05) is 5.02 Å². The molecular formula is C6H2BBrClF4K. The van der Waals surface area contributed by atoms with E-state index in [0.29, 0.717) is 0 Å². The quantitative estimate of drug-likeness (QED) is 0.397. The van der Waals surface area contributed by atoms with Gasteiger partial charge >= 0.3 is 58.4 Å². The van der Waals surface area contributed by atoms with Gasteiger partial charge in [0.1, 0.15) is 5.82 Å². The van der Waals surface area contributed by atoms with Crippen LogP contribution in [0.25, 0.3) is 0 Å². The number of halogens is 6. The Hall–Kier alpha value is 1.41. The Kier molecular flexibility index (Phi) is 6.22. The Morgan fingerprint density at radius 1 is 1.21 bits per heavy atom. The van der Waals surface area contributed by atoms with E-state index in [1.807, 2.05) is 0 Å². The largest absolute Gasteiger partial charge is 1.00 e. The van der Waals surface area contributed by atoms with E-state index in [9.17, 15) is 17.3 Å². The number of benzene rings is 1. The molecule has 0 aromatic heterocycles. The molecule has 72 valence electrons. The molecule has 1 rings (SSSR count). The number of hydrogen-bond donors (Lipinski definition) is 0. The monoisotopic (exact) mass is 314 g/mol. The third-order valence-corrected chi connectivity index (χ3v) is 2.35. The first kappa shape index (κ1) is 15.4. The van der Waals surface area contributed by atoms with Crippen LogP contribution >= 0.6 is 27.5 Å². The van der Waals surface area contributed by atoms with Crippen molar-refractivity contribution < 1.29 is 68.7 Å². The van der Waals surface area contributed by atoms with Gasteiger partial charge in [0.15, 0.2) is 0 Å². The molecule has 0 amide bonds. The third-order valence-electron chi connectivity index (χ3n) is 1.41. The molecule has 0 unspecified atom stereocenters. The van der Waals surface area contributed by atoms with Gasteiger partial charge in [-0.15, -0.1) is 0 Å². The molecule has 0 radical (unpaired) electrons. The van der Waals surface area contributed by atoms with Crippen molar-refractivity contribution in [2.75, 3.05) is 0 Å². The average Bonchev–Trinajstić information content (AvgIpc) is 1.95. The summed E-state index contributed by atoms with van der Waals surface area (Å²) in [6.07, 6.45) is 0. The van der Waals surface area contributed by atoms with E-state index in [1.54, 1.807) is 0 Å². The molecule has 0 N–H and O–H groups in total. The van der Waals surface area contributed by atoms with Crippen LogP contribution in [0.3, 0.4) is 0 Å². The number of hydrogen-bond acceptors (Lipinski definition) is 0. The van der Waals surface area contributed by atoms with Crippen LogP contribution in [0.1, 0.15) is 0 Å². The van der Waals surface area contributed by atoms with Gasteiger partial charge in [-0.1, -0.05) is 17.1 Å². The fraction of sp³-hybridized carbons (Fsp3) is 0. The topological polar surface area (TPSA) is 0 Å². The van der Waals surface area contributed by atoms with E-state index in [1.165, 1.54) is 0 Å². The van der Waals surface area contributed by atoms with E-state index in [0.717, 1.165) is 12.1 Å². The Morgan fingerprint density at radius 3 is 2.07 bits per heavy atom. The SMILES string of the molecule is Fc1c(Br)ccc(Cl)c1[B-](F)(F)F.[K+]. The molecule has 0 fully saturated rings. The molecule has 0 nitrogen and oxygen atoms in total. The second-order valence-corrected chi connectivity index (χ2v) is 3.59. The Balaban J connectivity index is 0.00000169. The van der Waals surface area contributed by atoms with Gasteiger partial charge in [-0.2, -0.15) is 0 Å². The van der Waals surface area contributed by atoms with Crippen LogP contribution < -0.4 is 56.8 Å². The normalized spacial score (nSPS) is 11.0. The van der Waals surface area contributed by atoms with E-state index in [-0.39, 0.29) is 55.9 Å². The Labute approximate surface area is 134 Å². The molecule has 0 atom stereocenters. The minimum absolute atomic E-state index is 0. The second kappa shape index (κ2) is 5.65. The van der Waals surface area contributed by atoms with Crippen molar-refractivity contribution in [3.63, 3.8) is 0 Å². The predicted molar refractivity (Wildman–Crippen MR) is 47.8 cm³/mol. The molecule has 8 heteroatoms. The first-order valence-corrected chi connectivity index (χ1v) is 4.34. The van der Waals surface area contributed by atoms with Gasteiger partial charge in [0.25, 0.3) is 0 Å². The molecule has 0 saturated carbocycles. The van der Waals surface area contributed by atoms with Crippen LogP contribution in [0.5, 0.6) is 0 Å². The van der Waals surface area contributed by atoms with Gasteiger partial charge in [-0.05, 0) is 28.1 Å². The average molecular weight is 315 g/mol. The maximum atomic E-state index is 12.9. The Bertz CT molecular complexity index is 343. The molecule has 0 bridgehead atoms. The molecule has 0 aliphatic rings. The maximum absolute atomic E-state index is 12.9. The standard InChI is InChI=1S/C6H2BBrClF4.K/c8-3-1-2-4(9)5(6(3)10)7(11,12)13;/h1-2H;/q-1;+1. The van der Waals surface area contributed by atoms with Crippen molar-refractivity contribution in [2.45, 2.75) is 0 Å². The molecule has 14 heavy (non-hydrogen) atoms. The summed E-state index contributed by atoms with van der Waals surface area (Å²) in [5.41, 5.74) is -1.38. The summed E-state index contributed by atoms with van der Waals surface area (Å²) in [5.74, 6) is -1.36. The van der Waals surface area contributed by atoms with Crippen molar-refractivity contribution in [1.82, 2.24) is 0 Å². The summed E-state index contributed by atoms with van der Waals surface area (Å²) < 4.78 is 49.3. The second-order valence-electron chi connectivity index (χ2n) is 2.33. The fourth-order valence-electron chi connectivity index (χ4n) is 0.843. The van der Waals surface area contributed by atoms with Crippen molar-refractivity contribution in [3.05, 3.63) is 27.4 Å². The van der Waals surface area contributed by atoms with Crippen molar-refractivity contribution in [3.8, 4) is 0 Å². The molecule has 0 saturated heterocycles. The molecule has 0 spiro atoms. The van der Waals surface area contributed by atoms with Gasteiger partial charge in [-0.3, -0.25) is 0 Å². The van der Waals surface area contributed by atoms with Crippen LogP contribution in [-0.2, 0) is 0 Å². The molecule has 0 aliphatic heterocycles. The summed E-state index contributed by atoms with van der Waals surface area (Å²) in [5, 5.41) is -0.617. The van der Waals surface area contributed by atoms with Crippen LogP contribution in [0, 0.1) is 5.82 Å². The van der Waals surface area contributed by atoms with E-state index >= 15 is 0 Å². The summed E-state index contributed by atoms with van der Waals surface area (Å²) in [4.78, 5) is 0. The summed E-state index contributed by atoms with van der Waals surface area (Å²) >= 11 is 7.87. The van der Waals surface area contributed by atoms with Gasteiger partial charge in [-0.25, -0.2) is 4.39 Å². The third kappa shape index (κ3) is 3.47. The van der Waals surface area contributed by atoms with Gasteiger partial charge < -0.3 is 12.9 Å². The first-order valence-electron chi connectivity index (χ1n) is 3.17. The van der Waals surface area contributed by atoms with E-state index in [4.69, 9.17) is 11.6 Å². The zero-order valence-corrected chi connectivity index (χ0v) is 12.5. The fourth-order valence-corrected chi connectivity index (χ4v) is 1.46. The molecule has 1 aromatic rings. The van der Waals surface area contributed by atoms with Crippen LogP contribution in [-0.4, -0.2) is 6.98 Å². The first-order chi connectivity index (χ1) is 5.84. The summed E-state index contributed by atoms with van der Waals surface area (Å²) in [6, 6.07) is 2.13. The van der Waals surface area contributed by atoms with Crippen LogP contribution in [0.15, 0.2) is 16.6 Å². The molecular weight excluding hydrogens is 313 g/mol. The van der Waals surface area contributed by atoms with Crippen LogP contribution in [0.4, 0.5) is 17.3 Å². The van der Waals surface area contributed by atoms with Gasteiger partial charge in [0.05, 0.1) is 4.47 Å². The summed E-state index contributed by atoms with van der Waals surface area (Å²) in [7, 11) is 0. The van der Waals surface area contributed by atoms with Crippen molar-refractivity contribution in [2.24, 2.45) is 0 Å². The minimum atomic E-state index is -5.41. The summed E-state index contributed by atoms with van der Waals surface area (Å²) in [6.45, 7) is -5.41. The number of rotatable bonds is 1. The van der Waals surface area contributed by atoms with Gasteiger partial charge in [0.2, 0.25) is 0 Å². The van der Waals surface area contributed by atoms with Crippen molar-refractivity contribution in [1.29, 1.82) is 0 Å². The smallest absolute Gasteiger partial charge is 0.445 e. The zero-order chi connectivity index (χ0) is 10.2. The van der Waals surface area contributed by atoms with Crippen molar-refractivity contribution >= 4 is 40.0 Å². The Morgan fingerprint density at radius 2 is 1.71 bits per heavy atom. The van der Waals surface area contributed by atoms with E-state index < -0.39 is 23.3 Å². The maximum Gasteiger partial charge on any atom is 1.00 e.